The Morgan fingerprint density at radius 2 is 1.68 bits per heavy atom. The molecule has 1 heterocycles. The minimum Gasteiger partial charge on any atom is -0.457 e. The van der Waals surface area contributed by atoms with Gasteiger partial charge in [0.1, 0.15) is 11.5 Å². The SMILES string of the molecule is NC1=NC(c2cccc(Oc3ccccc3)c2)C=C(c2ccc(Cl)cc2Cl)N1. The number of para-hydroxylation sites is 1. The molecule has 1 unspecified atom stereocenters. The van der Waals surface area contributed by atoms with E-state index in [-0.39, 0.29) is 6.04 Å². The van der Waals surface area contributed by atoms with Crippen LogP contribution in [0.4, 0.5) is 0 Å². The molecule has 3 N–H and O–H groups in total. The summed E-state index contributed by atoms with van der Waals surface area (Å²) in [7, 11) is 0. The number of hydrogen-bond acceptors (Lipinski definition) is 4. The number of guanidine groups is 1. The van der Waals surface area contributed by atoms with Gasteiger partial charge in [-0.05, 0) is 54.1 Å². The Morgan fingerprint density at radius 1 is 0.893 bits per heavy atom. The molecule has 0 fully saturated rings. The van der Waals surface area contributed by atoms with Crippen LogP contribution in [0.3, 0.4) is 0 Å². The molecule has 3 aromatic carbocycles. The second kappa shape index (κ2) is 7.97. The number of halogens is 2. The maximum absolute atomic E-state index is 6.35. The smallest absolute Gasteiger partial charge is 0.194 e. The van der Waals surface area contributed by atoms with Gasteiger partial charge >= 0.3 is 0 Å². The fourth-order valence-electron chi connectivity index (χ4n) is 2.98. The van der Waals surface area contributed by atoms with Crippen molar-refractivity contribution in [1.82, 2.24) is 5.32 Å². The molecule has 1 aliphatic heterocycles. The highest BCUT2D eigenvalue weighted by atomic mass is 35.5. The highest BCUT2D eigenvalue weighted by Crippen LogP contribution is 2.32. The van der Waals surface area contributed by atoms with Gasteiger partial charge in [0.15, 0.2) is 5.96 Å². The summed E-state index contributed by atoms with van der Waals surface area (Å²) in [5.74, 6) is 1.83. The molecule has 1 aliphatic rings. The van der Waals surface area contributed by atoms with Crippen molar-refractivity contribution in [3.63, 3.8) is 0 Å². The van der Waals surface area contributed by atoms with Crippen molar-refractivity contribution < 1.29 is 4.74 Å². The van der Waals surface area contributed by atoms with E-state index in [9.17, 15) is 0 Å². The molecule has 28 heavy (non-hydrogen) atoms. The Bertz CT molecular complexity index is 1060. The molecular formula is C22H17Cl2N3O. The summed E-state index contributed by atoms with van der Waals surface area (Å²) in [4.78, 5) is 4.51. The topological polar surface area (TPSA) is 59.6 Å². The van der Waals surface area contributed by atoms with E-state index in [0.717, 1.165) is 28.3 Å². The summed E-state index contributed by atoms with van der Waals surface area (Å²) < 4.78 is 5.93. The van der Waals surface area contributed by atoms with Crippen LogP contribution in [0.5, 0.6) is 11.5 Å². The Balaban J connectivity index is 1.65. The number of benzene rings is 3. The summed E-state index contributed by atoms with van der Waals surface area (Å²) in [5, 5.41) is 4.20. The summed E-state index contributed by atoms with van der Waals surface area (Å²) in [6.07, 6.45) is 1.98. The molecule has 6 heteroatoms. The van der Waals surface area contributed by atoms with Gasteiger partial charge in [0.05, 0.1) is 11.1 Å². The van der Waals surface area contributed by atoms with Crippen LogP contribution in [0.1, 0.15) is 17.2 Å². The van der Waals surface area contributed by atoms with Crippen LogP contribution in [0.25, 0.3) is 5.70 Å². The first-order valence-electron chi connectivity index (χ1n) is 8.69. The maximum Gasteiger partial charge on any atom is 0.194 e. The zero-order valence-electron chi connectivity index (χ0n) is 14.8. The van der Waals surface area contributed by atoms with Gasteiger partial charge in [-0.1, -0.05) is 53.5 Å². The van der Waals surface area contributed by atoms with Crippen molar-refractivity contribution in [2.75, 3.05) is 0 Å². The van der Waals surface area contributed by atoms with E-state index < -0.39 is 0 Å². The average Bonchev–Trinajstić information content (AvgIpc) is 2.68. The fourth-order valence-corrected chi connectivity index (χ4v) is 3.49. The van der Waals surface area contributed by atoms with Crippen LogP contribution in [0.2, 0.25) is 10.0 Å². The van der Waals surface area contributed by atoms with E-state index in [1.165, 1.54) is 0 Å². The van der Waals surface area contributed by atoms with Crippen molar-refractivity contribution in [1.29, 1.82) is 0 Å². The second-order valence-corrected chi connectivity index (χ2v) is 7.12. The van der Waals surface area contributed by atoms with Gasteiger partial charge in [0.2, 0.25) is 0 Å². The van der Waals surface area contributed by atoms with Gasteiger partial charge in [0.25, 0.3) is 0 Å². The van der Waals surface area contributed by atoms with Crippen molar-refractivity contribution in [3.05, 3.63) is 100 Å². The van der Waals surface area contributed by atoms with Crippen LogP contribution < -0.4 is 15.8 Å². The van der Waals surface area contributed by atoms with E-state index >= 15 is 0 Å². The van der Waals surface area contributed by atoms with Crippen molar-refractivity contribution in [2.45, 2.75) is 6.04 Å². The van der Waals surface area contributed by atoms with Gasteiger partial charge in [-0.3, -0.25) is 0 Å². The molecule has 4 nitrogen and oxygen atoms in total. The van der Waals surface area contributed by atoms with Gasteiger partial charge in [-0.2, -0.15) is 0 Å². The number of nitrogens with one attached hydrogen (secondary N) is 1. The van der Waals surface area contributed by atoms with Crippen LogP contribution in [-0.2, 0) is 0 Å². The quantitative estimate of drug-likeness (QED) is 0.573. The lowest BCUT2D eigenvalue weighted by molar-refractivity contribution is 0.481. The van der Waals surface area contributed by atoms with Crippen molar-refractivity contribution >= 4 is 34.9 Å². The number of aliphatic imine (C=N–C) groups is 1. The molecule has 0 radical (unpaired) electrons. The first-order valence-corrected chi connectivity index (χ1v) is 9.44. The Morgan fingerprint density at radius 3 is 2.46 bits per heavy atom. The van der Waals surface area contributed by atoms with Crippen LogP contribution in [0, 0.1) is 0 Å². The van der Waals surface area contributed by atoms with E-state index in [2.05, 4.69) is 10.3 Å². The highest BCUT2D eigenvalue weighted by Gasteiger charge is 2.18. The molecule has 3 aromatic rings. The van der Waals surface area contributed by atoms with Gasteiger partial charge in [-0.15, -0.1) is 0 Å². The van der Waals surface area contributed by atoms with Crippen molar-refractivity contribution in [2.24, 2.45) is 10.7 Å². The monoisotopic (exact) mass is 409 g/mol. The third kappa shape index (κ3) is 4.14. The van der Waals surface area contributed by atoms with E-state index in [1.807, 2.05) is 66.7 Å². The van der Waals surface area contributed by atoms with E-state index in [1.54, 1.807) is 12.1 Å². The summed E-state index contributed by atoms with van der Waals surface area (Å²) in [6, 6.07) is 22.5. The predicted molar refractivity (Wildman–Crippen MR) is 115 cm³/mol. The van der Waals surface area contributed by atoms with Gasteiger partial charge < -0.3 is 15.8 Å². The number of rotatable bonds is 4. The first-order chi connectivity index (χ1) is 13.6. The molecule has 1 atom stereocenters. The lowest BCUT2D eigenvalue weighted by atomic mass is 10.0. The molecule has 0 spiro atoms. The summed E-state index contributed by atoms with van der Waals surface area (Å²) in [5.41, 5.74) is 8.58. The molecule has 4 rings (SSSR count). The third-order valence-corrected chi connectivity index (χ3v) is 4.81. The number of nitrogens with two attached hydrogens (primary N) is 1. The van der Waals surface area contributed by atoms with E-state index in [0.29, 0.717) is 16.0 Å². The predicted octanol–water partition coefficient (Wildman–Crippen LogP) is 5.79. The zero-order chi connectivity index (χ0) is 19.5. The van der Waals surface area contributed by atoms with Gasteiger partial charge in [0, 0.05) is 16.3 Å². The average molecular weight is 410 g/mol. The number of nitrogens with zero attached hydrogens (tertiary/aromatic N) is 1. The van der Waals surface area contributed by atoms with Crippen LogP contribution in [-0.4, -0.2) is 5.96 Å². The molecule has 140 valence electrons. The summed E-state index contributed by atoms with van der Waals surface area (Å²) in [6.45, 7) is 0. The molecule has 0 aliphatic carbocycles. The van der Waals surface area contributed by atoms with Crippen LogP contribution >= 0.6 is 23.2 Å². The number of hydrogen-bond donors (Lipinski definition) is 2. The Kier molecular flexibility index (Phi) is 5.24. The molecule has 0 bridgehead atoms. The Hall–Kier alpha value is -2.95. The molecule has 0 aromatic heterocycles. The maximum atomic E-state index is 6.35. The lowest BCUT2D eigenvalue weighted by Crippen LogP contribution is -2.33. The van der Waals surface area contributed by atoms with Gasteiger partial charge in [-0.25, -0.2) is 4.99 Å². The largest absolute Gasteiger partial charge is 0.457 e. The van der Waals surface area contributed by atoms with Crippen LogP contribution in [0.15, 0.2) is 83.9 Å². The van der Waals surface area contributed by atoms with Crippen molar-refractivity contribution in [3.8, 4) is 11.5 Å². The Labute approximate surface area is 173 Å². The standard InChI is InChI=1S/C22H17Cl2N3O/c23-15-9-10-18(19(24)12-15)21-13-20(26-22(25)27-21)14-5-4-8-17(11-14)28-16-6-2-1-3-7-16/h1-13,20H,(H3,25,26,27). The minimum absolute atomic E-state index is 0.262. The lowest BCUT2D eigenvalue weighted by Gasteiger charge is -2.21. The number of ether oxygens (including phenoxy) is 1. The highest BCUT2D eigenvalue weighted by molar-refractivity contribution is 6.35. The molecular weight excluding hydrogens is 393 g/mol. The van der Waals surface area contributed by atoms with E-state index in [4.69, 9.17) is 33.7 Å². The normalized spacial score (nSPS) is 16.0. The minimum atomic E-state index is -0.262. The molecule has 0 saturated carbocycles. The molecule has 0 amide bonds. The summed E-state index contributed by atoms with van der Waals surface area (Å²) >= 11 is 12.4. The molecule has 0 saturated heterocycles. The zero-order valence-corrected chi connectivity index (χ0v) is 16.3. The fraction of sp³-hybridized carbons (Fsp3) is 0.0455. The third-order valence-electron chi connectivity index (χ3n) is 4.27. The first kappa shape index (κ1) is 18.4. The second-order valence-electron chi connectivity index (χ2n) is 6.28.